The lowest BCUT2D eigenvalue weighted by Gasteiger charge is -2.32. The van der Waals surface area contributed by atoms with Crippen LogP contribution in [0.15, 0.2) is 18.2 Å². The predicted molar refractivity (Wildman–Crippen MR) is 80.3 cm³/mol. The summed E-state index contributed by atoms with van der Waals surface area (Å²) in [5.74, 6) is 1.44. The monoisotopic (exact) mass is 276 g/mol. The van der Waals surface area contributed by atoms with Gasteiger partial charge in [0.15, 0.2) is 0 Å². The number of ether oxygens (including phenoxy) is 1. The van der Waals surface area contributed by atoms with Crippen molar-refractivity contribution in [3.63, 3.8) is 0 Å². The van der Waals surface area contributed by atoms with Crippen LogP contribution in [0.2, 0.25) is 0 Å². The Morgan fingerprint density at radius 1 is 1.40 bits per heavy atom. The number of rotatable bonds is 4. The summed E-state index contributed by atoms with van der Waals surface area (Å²) in [4.78, 5) is 14.6. The van der Waals surface area contributed by atoms with Crippen LogP contribution in [-0.2, 0) is 0 Å². The summed E-state index contributed by atoms with van der Waals surface area (Å²) in [6.07, 6.45) is 2.14. The minimum atomic E-state index is 0.0912. The number of carbonyl (C=O) groups is 1. The van der Waals surface area contributed by atoms with Crippen molar-refractivity contribution in [2.75, 3.05) is 33.8 Å². The number of aryl methyl sites for hydroxylation is 1. The van der Waals surface area contributed by atoms with Crippen LogP contribution in [0.4, 0.5) is 0 Å². The molecule has 1 aromatic carbocycles. The second-order valence-electron chi connectivity index (χ2n) is 5.50. The molecule has 4 heteroatoms. The van der Waals surface area contributed by atoms with Gasteiger partial charge in [0, 0.05) is 13.1 Å². The van der Waals surface area contributed by atoms with E-state index in [2.05, 4.69) is 5.32 Å². The van der Waals surface area contributed by atoms with Gasteiger partial charge in [-0.1, -0.05) is 11.6 Å². The molecule has 2 rings (SSSR count). The molecule has 0 atom stereocenters. The lowest BCUT2D eigenvalue weighted by Crippen LogP contribution is -2.40. The Morgan fingerprint density at radius 3 is 2.70 bits per heavy atom. The maximum Gasteiger partial charge on any atom is 0.257 e. The van der Waals surface area contributed by atoms with Crippen LogP contribution in [-0.4, -0.2) is 44.6 Å². The zero-order valence-corrected chi connectivity index (χ0v) is 12.6. The number of amides is 1. The third-order valence-electron chi connectivity index (χ3n) is 3.98. The maximum absolute atomic E-state index is 12.6. The fourth-order valence-electron chi connectivity index (χ4n) is 2.79. The van der Waals surface area contributed by atoms with Crippen molar-refractivity contribution >= 4 is 5.91 Å². The van der Waals surface area contributed by atoms with Gasteiger partial charge in [-0.15, -0.1) is 0 Å². The van der Waals surface area contributed by atoms with E-state index in [9.17, 15) is 4.79 Å². The van der Waals surface area contributed by atoms with Crippen LogP contribution in [0.25, 0.3) is 0 Å². The Balaban J connectivity index is 2.07. The van der Waals surface area contributed by atoms with E-state index < -0.39 is 0 Å². The van der Waals surface area contributed by atoms with Crippen molar-refractivity contribution in [1.82, 2.24) is 10.2 Å². The molecule has 1 N–H and O–H groups in total. The molecule has 4 nitrogen and oxygen atoms in total. The molecule has 1 aliphatic heterocycles. The lowest BCUT2D eigenvalue weighted by atomic mass is 9.96. The topological polar surface area (TPSA) is 41.6 Å². The Labute approximate surface area is 121 Å². The standard InChI is InChI=1S/C16H24N2O2/c1-12-4-5-15(20-3)14(10-12)16(19)18-8-6-13(7-9-18)11-17-2/h4-5,10,13,17H,6-9,11H2,1-3H3. The number of nitrogens with one attached hydrogen (secondary N) is 1. The quantitative estimate of drug-likeness (QED) is 0.915. The van der Waals surface area contributed by atoms with Crippen molar-refractivity contribution in [2.24, 2.45) is 5.92 Å². The van der Waals surface area contributed by atoms with E-state index in [4.69, 9.17) is 4.74 Å². The molecule has 0 spiro atoms. The van der Waals surface area contributed by atoms with Gasteiger partial charge in [0.1, 0.15) is 5.75 Å². The van der Waals surface area contributed by atoms with Crippen LogP contribution >= 0.6 is 0 Å². The summed E-state index contributed by atoms with van der Waals surface area (Å²) in [5, 5.41) is 3.22. The minimum absolute atomic E-state index is 0.0912. The second kappa shape index (κ2) is 6.75. The molecule has 0 aromatic heterocycles. The highest BCUT2D eigenvalue weighted by atomic mass is 16.5. The fourth-order valence-corrected chi connectivity index (χ4v) is 2.79. The van der Waals surface area contributed by atoms with Gasteiger partial charge < -0.3 is 15.0 Å². The molecule has 20 heavy (non-hydrogen) atoms. The van der Waals surface area contributed by atoms with Crippen LogP contribution in [0.3, 0.4) is 0 Å². The number of piperidine rings is 1. The first-order valence-corrected chi connectivity index (χ1v) is 7.24. The van der Waals surface area contributed by atoms with Crippen molar-refractivity contribution in [2.45, 2.75) is 19.8 Å². The number of carbonyl (C=O) groups excluding carboxylic acids is 1. The van der Waals surface area contributed by atoms with Crippen LogP contribution in [0.5, 0.6) is 5.75 Å². The average Bonchev–Trinajstić information content (AvgIpc) is 2.47. The third-order valence-corrected chi connectivity index (χ3v) is 3.98. The zero-order valence-electron chi connectivity index (χ0n) is 12.6. The van der Waals surface area contributed by atoms with E-state index in [0.29, 0.717) is 17.2 Å². The first-order chi connectivity index (χ1) is 9.65. The van der Waals surface area contributed by atoms with Crippen molar-refractivity contribution in [3.8, 4) is 5.75 Å². The Morgan fingerprint density at radius 2 is 2.10 bits per heavy atom. The molecule has 1 saturated heterocycles. The predicted octanol–water partition coefficient (Wildman–Crippen LogP) is 2.08. The van der Waals surface area contributed by atoms with Crippen LogP contribution in [0, 0.1) is 12.8 Å². The molecule has 0 aliphatic carbocycles. The van der Waals surface area contributed by atoms with Gasteiger partial charge in [0.2, 0.25) is 0 Å². The molecule has 0 unspecified atom stereocenters. The fraction of sp³-hybridized carbons (Fsp3) is 0.562. The molecule has 0 saturated carbocycles. The van der Waals surface area contributed by atoms with Gasteiger partial charge in [-0.3, -0.25) is 4.79 Å². The molecule has 0 radical (unpaired) electrons. The number of hydrogen-bond donors (Lipinski definition) is 1. The highest BCUT2D eigenvalue weighted by Crippen LogP contribution is 2.24. The molecule has 1 amide bonds. The third kappa shape index (κ3) is 3.31. The van der Waals surface area contributed by atoms with Gasteiger partial charge >= 0.3 is 0 Å². The largest absolute Gasteiger partial charge is 0.496 e. The molecule has 110 valence electrons. The summed E-state index contributed by atoms with van der Waals surface area (Å²) in [6, 6.07) is 5.76. The van der Waals surface area contributed by atoms with Gasteiger partial charge in [0.05, 0.1) is 12.7 Å². The average molecular weight is 276 g/mol. The number of hydrogen-bond acceptors (Lipinski definition) is 3. The summed E-state index contributed by atoms with van der Waals surface area (Å²) in [5.41, 5.74) is 1.76. The lowest BCUT2D eigenvalue weighted by molar-refractivity contribution is 0.0687. The SMILES string of the molecule is CNCC1CCN(C(=O)c2cc(C)ccc2OC)CC1. The number of benzene rings is 1. The van der Waals surface area contributed by atoms with Crippen LogP contribution < -0.4 is 10.1 Å². The van der Waals surface area contributed by atoms with E-state index in [1.165, 1.54) is 0 Å². The normalized spacial score (nSPS) is 16.2. The van der Waals surface area contributed by atoms with E-state index in [-0.39, 0.29) is 5.91 Å². The molecular weight excluding hydrogens is 252 g/mol. The van der Waals surface area contributed by atoms with Gasteiger partial charge in [0.25, 0.3) is 5.91 Å². The van der Waals surface area contributed by atoms with E-state index in [1.807, 2.05) is 37.1 Å². The van der Waals surface area contributed by atoms with Crippen molar-refractivity contribution < 1.29 is 9.53 Å². The van der Waals surface area contributed by atoms with E-state index >= 15 is 0 Å². The van der Waals surface area contributed by atoms with Crippen molar-refractivity contribution in [1.29, 1.82) is 0 Å². The first kappa shape index (κ1) is 14.9. The second-order valence-corrected chi connectivity index (χ2v) is 5.50. The van der Waals surface area contributed by atoms with E-state index in [1.54, 1.807) is 7.11 Å². The first-order valence-electron chi connectivity index (χ1n) is 7.24. The van der Waals surface area contributed by atoms with Gasteiger partial charge in [-0.2, -0.15) is 0 Å². The molecule has 0 bridgehead atoms. The van der Waals surface area contributed by atoms with Crippen molar-refractivity contribution in [3.05, 3.63) is 29.3 Å². The summed E-state index contributed by atoms with van der Waals surface area (Å²) in [6.45, 7) is 4.70. The molecular formula is C16H24N2O2. The molecule has 1 heterocycles. The molecule has 1 aliphatic rings. The zero-order chi connectivity index (χ0) is 14.5. The Kier molecular flexibility index (Phi) is 5.01. The highest BCUT2D eigenvalue weighted by molar-refractivity contribution is 5.97. The van der Waals surface area contributed by atoms with Gasteiger partial charge in [-0.25, -0.2) is 0 Å². The van der Waals surface area contributed by atoms with Gasteiger partial charge in [-0.05, 0) is 51.4 Å². The number of likely N-dealkylation sites (tertiary alicyclic amines) is 1. The maximum atomic E-state index is 12.6. The van der Waals surface area contributed by atoms with E-state index in [0.717, 1.165) is 38.0 Å². The molecule has 1 aromatic rings. The molecule has 1 fully saturated rings. The Hall–Kier alpha value is -1.55. The minimum Gasteiger partial charge on any atom is -0.496 e. The smallest absolute Gasteiger partial charge is 0.257 e. The van der Waals surface area contributed by atoms with Crippen LogP contribution in [0.1, 0.15) is 28.8 Å². The number of nitrogens with zero attached hydrogens (tertiary/aromatic N) is 1. The highest BCUT2D eigenvalue weighted by Gasteiger charge is 2.25. The summed E-state index contributed by atoms with van der Waals surface area (Å²) < 4.78 is 5.31. The number of methoxy groups -OCH3 is 1. The summed E-state index contributed by atoms with van der Waals surface area (Å²) in [7, 11) is 3.59. The summed E-state index contributed by atoms with van der Waals surface area (Å²) >= 11 is 0. The Bertz CT molecular complexity index is 466.